The highest BCUT2D eigenvalue weighted by Gasteiger charge is 2.61. The zero-order chi connectivity index (χ0) is 23.4. The average molecular weight is 444 g/mol. The Morgan fingerprint density at radius 2 is 1.64 bits per heavy atom. The van der Waals surface area contributed by atoms with Gasteiger partial charge in [-0.3, -0.25) is 4.79 Å². The molecule has 4 saturated carbocycles. The van der Waals surface area contributed by atoms with Crippen molar-refractivity contribution in [2.75, 3.05) is 0 Å². The number of rotatable bonds is 1. The molecule has 0 aromatic heterocycles. The summed E-state index contributed by atoms with van der Waals surface area (Å²) in [7, 11) is 0. The Balaban J connectivity index is 1.33. The summed E-state index contributed by atoms with van der Waals surface area (Å²) in [4.78, 5) is 12.4. The molecule has 3 heteroatoms. The van der Waals surface area contributed by atoms with Crippen molar-refractivity contribution < 1.29 is 9.90 Å². The average Bonchev–Trinajstić information content (AvgIpc) is 3.16. The molecular formula is C30H37NO2. The lowest BCUT2D eigenvalue weighted by Crippen LogP contribution is -2.56. The molecule has 1 aromatic rings. The highest BCUT2D eigenvalue weighted by atomic mass is 16.3. The lowest BCUT2D eigenvalue weighted by molar-refractivity contribution is -0.144. The maximum absolute atomic E-state index is 12.4. The van der Waals surface area contributed by atoms with Crippen LogP contribution < -0.4 is 0 Å². The van der Waals surface area contributed by atoms with Crippen molar-refractivity contribution in [1.82, 2.24) is 0 Å². The standard InChI is InChI=1S/C30H37NO2/c1-20(32)25-10-11-26-24-9-8-23-18-30(33,15-12-21-4-6-22(19-31)7-5-21)17-16-28(23,2)27(24)13-14-29(25,26)3/h4-7,23-27,33H,8-11,13-14,16-18H2,1-3H3/t23-,24+,25-,26+,27+,28+,29-,30-/m1/s1. The van der Waals surface area contributed by atoms with Gasteiger partial charge in [-0.1, -0.05) is 25.7 Å². The number of Topliss-reactive ketones (excluding diaryl/α,β-unsaturated/α-hetero) is 1. The lowest BCUT2D eigenvalue weighted by Gasteiger charge is -2.61. The number of aliphatic hydroxyl groups is 1. The Kier molecular flexibility index (Phi) is 5.49. The van der Waals surface area contributed by atoms with Gasteiger partial charge in [-0.05, 0) is 123 Å². The molecule has 0 heterocycles. The van der Waals surface area contributed by atoms with Gasteiger partial charge in [0.1, 0.15) is 11.4 Å². The van der Waals surface area contributed by atoms with Crippen LogP contribution in [0.4, 0.5) is 0 Å². The molecule has 0 saturated heterocycles. The molecule has 3 nitrogen and oxygen atoms in total. The zero-order valence-electron chi connectivity index (χ0n) is 20.4. The first-order chi connectivity index (χ1) is 15.7. The van der Waals surface area contributed by atoms with E-state index in [0.717, 1.165) is 43.1 Å². The van der Waals surface area contributed by atoms with E-state index in [2.05, 4.69) is 31.8 Å². The summed E-state index contributed by atoms with van der Waals surface area (Å²) in [5.74, 6) is 9.74. The van der Waals surface area contributed by atoms with Gasteiger partial charge in [0, 0.05) is 11.5 Å². The molecule has 0 spiro atoms. The van der Waals surface area contributed by atoms with E-state index in [1.165, 1.54) is 32.1 Å². The van der Waals surface area contributed by atoms with E-state index in [9.17, 15) is 9.90 Å². The van der Waals surface area contributed by atoms with Gasteiger partial charge in [-0.2, -0.15) is 5.26 Å². The summed E-state index contributed by atoms with van der Waals surface area (Å²) < 4.78 is 0. The summed E-state index contributed by atoms with van der Waals surface area (Å²) in [5.41, 5.74) is 1.05. The monoisotopic (exact) mass is 443 g/mol. The SMILES string of the molecule is CC(=O)[C@H]1CC[C@H]2[C@@H]3CC[C@@H]4C[C@@](O)(C#Cc5ccc(C#N)cc5)CC[C@]4(C)[C@H]3CC[C@]12C. The van der Waals surface area contributed by atoms with Crippen LogP contribution in [0.2, 0.25) is 0 Å². The van der Waals surface area contributed by atoms with Gasteiger partial charge in [0.05, 0.1) is 11.6 Å². The summed E-state index contributed by atoms with van der Waals surface area (Å²) in [6, 6.07) is 9.42. The number of hydrogen-bond donors (Lipinski definition) is 1. The second-order valence-corrected chi connectivity index (χ2v) is 12.1. The van der Waals surface area contributed by atoms with Gasteiger partial charge in [-0.25, -0.2) is 0 Å². The first-order valence-electron chi connectivity index (χ1n) is 12.9. The quantitative estimate of drug-likeness (QED) is 0.551. The third kappa shape index (κ3) is 3.65. The third-order valence-corrected chi connectivity index (χ3v) is 10.7. The topological polar surface area (TPSA) is 61.1 Å². The molecule has 5 rings (SSSR count). The summed E-state index contributed by atoms with van der Waals surface area (Å²) >= 11 is 0. The molecule has 8 atom stereocenters. The van der Waals surface area contributed by atoms with Crippen LogP contribution in [0.1, 0.15) is 89.7 Å². The Morgan fingerprint density at radius 1 is 0.939 bits per heavy atom. The molecule has 4 aliphatic rings. The second-order valence-electron chi connectivity index (χ2n) is 12.1. The van der Waals surface area contributed by atoms with Crippen molar-refractivity contribution in [3.8, 4) is 17.9 Å². The highest BCUT2D eigenvalue weighted by molar-refractivity contribution is 5.79. The highest BCUT2D eigenvalue weighted by Crippen LogP contribution is 2.68. The van der Waals surface area contributed by atoms with E-state index in [0.29, 0.717) is 23.2 Å². The van der Waals surface area contributed by atoms with Crippen LogP contribution in [0.5, 0.6) is 0 Å². The summed E-state index contributed by atoms with van der Waals surface area (Å²) in [5, 5.41) is 20.4. The minimum atomic E-state index is -0.915. The van der Waals surface area contributed by atoms with Crippen LogP contribution in [-0.2, 0) is 4.79 Å². The number of benzene rings is 1. The van der Waals surface area contributed by atoms with E-state index in [4.69, 9.17) is 5.26 Å². The van der Waals surface area contributed by atoms with E-state index >= 15 is 0 Å². The third-order valence-electron chi connectivity index (χ3n) is 10.7. The fourth-order valence-electron chi connectivity index (χ4n) is 8.84. The number of carbonyl (C=O) groups is 1. The largest absolute Gasteiger partial charge is 0.378 e. The number of nitrogens with zero attached hydrogens (tertiary/aromatic N) is 1. The molecule has 174 valence electrons. The predicted molar refractivity (Wildman–Crippen MR) is 129 cm³/mol. The Hall–Kier alpha value is -2.10. The van der Waals surface area contributed by atoms with E-state index in [1.54, 1.807) is 12.1 Å². The van der Waals surface area contributed by atoms with Gasteiger partial charge in [-0.15, -0.1) is 0 Å². The predicted octanol–water partition coefficient (Wildman–Crippen LogP) is 5.89. The molecule has 4 aliphatic carbocycles. The number of carbonyl (C=O) groups excluding carboxylic acids is 1. The molecule has 0 unspecified atom stereocenters. The Labute approximate surface area is 199 Å². The van der Waals surface area contributed by atoms with Crippen molar-refractivity contribution >= 4 is 5.78 Å². The molecule has 0 amide bonds. The van der Waals surface area contributed by atoms with Crippen LogP contribution in [0.15, 0.2) is 24.3 Å². The van der Waals surface area contributed by atoms with Crippen LogP contribution in [0, 0.1) is 63.6 Å². The smallest absolute Gasteiger partial charge is 0.133 e. The number of fused-ring (bicyclic) bond motifs is 5. The van der Waals surface area contributed by atoms with E-state index in [1.807, 2.05) is 19.1 Å². The molecule has 0 radical (unpaired) electrons. The lowest BCUT2D eigenvalue weighted by atomic mass is 9.44. The molecule has 4 fully saturated rings. The van der Waals surface area contributed by atoms with Crippen LogP contribution in [0.3, 0.4) is 0 Å². The first kappa shape index (κ1) is 22.7. The van der Waals surface area contributed by atoms with Crippen molar-refractivity contribution in [2.24, 2.45) is 40.4 Å². The van der Waals surface area contributed by atoms with E-state index in [-0.39, 0.29) is 16.7 Å². The first-order valence-corrected chi connectivity index (χ1v) is 12.9. The van der Waals surface area contributed by atoms with Gasteiger partial charge in [0.2, 0.25) is 0 Å². The molecule has 1 aromatic carbocycles. The van der Waals surface area contributed by atoms with Crippen molar-refractivity contribution in [2.45, 2.75) is 84.2 Å². The molecule has 0 aliphatic heterocycles. The minimum Gasteiger partial charge on any atom is -0.378 e. The second kappa shape index (κ2) is 7.99. The zero-order valence-corrected chi connectivity index (χ0v) is 20.4. The van der Waals surface area contributed by atoms with E-state index < -0.39 is 5.60 Å². The van der Waals surface area contributed by atoms with Crippen molar-refractivity contribution in [3.05, 3.63) is 35.4 Å². The summed E-state index contributed by atoms with van der Waals surface area (Å²) in [6.07, 6.45) is 9.71. The summed E-state index contributed by atoms with van der Waals surface area (Å²) in [6.45, 7) is 6.73. The molecule has 33 heavy (non-hydrogen) atoms. The Morgan fingerprint density at radius 3 is 2.33 bits per heavy atom. The molecule has 0 bridgehead atoms. The molecule has 1 N–H and O–H groups in total. The minimum absolute atomic E-state index is 0.207. The van der Waals surface area contributed by atoms with Crippen LogP contribution >= 0.6 is 0 Å². The number of nitriles is 1. The van der Waals surface area contributed by atoms with Gasteiger partial charge in [0.25, 0.3) is 0 Å². The normalized spacial score (nSPS) is 43.8. The van der Waals surface area contributed by atoms with Crippen molar-refractivity contribution in [3.63, 3.8) is 0 Å². The Bertz CT molecular complexity index is 1040. The van der Waals surface area contributed by atoms with Gasteiger partial charge >= 0.3 is 0 Å². The van der Waals surface area contributed by atoms with Crippen molar-refractivity contribution in [1.29, 1.82) is 5.26 Å². The fourth-order valence-corrected chi connectivity index (χ4v) is 8.84. The maximum Gasteiger partial charge on any atom is 0.133 e. The fraction of sp³-hybridized carbons (Fsp3) is 0.667. The maximum atomic E-state index is 12.4. The number of ketones is 1. The van der Waals surface area contributed by atoms with Crippen LogP contribution in [-0.4, -0.2) is 16.5 Å². The van der Waals surface area contributed by atoms with Crippen LogP contribution in [0.25, 0.3) is 0 Å². The molecular weight excluding hydrogens is 406 g/mol. The van der Waals surface area contributed by atoms with Gasteiger partial charge < -0.3 is 5.11 Å². The number of hydrogen-bond acceptors (Lipinski definition) is 3. The van der Waals surface area contributed by atoms with Gasteiger partial charge in [0.15, 0.2) is 0 Å².